The van der Waals surface area contributed by atoms with Crippen LogP contribution in [0.4, 0.5) is 5.69 Å². The number of hydrogen-bond donors (Lipinski definition) is 1. The van der Waals surface area contributed by atoms with E-state index in [1.54, 1.807) is 6.07 Å². The van der Waals surface area contributed by atoms with Gasteiger partial charge in [-0.1, -0.05) is 28.1 Å². The molecule has 0 aromatic heterocycles. The number of nitro groups is 1. The number of aromatic carboxylic acids is 1. The van der Waals surface area contributed by atoms with Gasteiger partial charge in [-0.2, -0.15) is 0 Å². The van der Waals surface area contributed by atoms with Crippen molar-refractivity contribution in [2.45, 2.75) is 6.42 Å². The standard InChI is InChI=1S/C9H8BrNO4/c10-5-4-6-2-1-3-7(9(12)13)8(6)11(14)15/h1-3H,4-5H2,(H,12,13). The molecule has 0 atom stereocenters. The number of para-hydroxylation sites is 1. The monoisotopic (exact) mass is 273 g/mol. The fraction of sp³-hybridized carbons (Fsp3) is 0.222. The first-order chi connectivity index (χ1) is 7.07. The Labute approximate surface area is 94.0 Å². The average molecular weight is 274 g/mol. The zero-order valence-corrected chi connectivity index (χ0v) is 9.23. The molecule has 0 saturated heterocycles. The second kappa shape index (κ2) is 4.88. The molecule has 1 aromatic carbocycles. The number of hydrogen-bond acceptors (Lipinski definition) is 3. The van der Waals surface area contributed by atoms with E-state index < -0.39 is 10.9 Å². The van der Waals surface area contributed by atoms with Gasteiger partial charge < -0.3 is 5.11 Å². The second-order valence-corrected chi connectivity index (χ2v) is 3.61. The van der Waals surface area contributed by atoms with Gasteiger partial charge in [0.2, 0.25) is 0 Å². The van der Waals surface area contributed by atoms with Crippen LogP contribution in [-0.2, 0) is 6.42 Å². The van der Waals surface area contributed by atoms with E-state index in [1.165, 1.54) is 12.1 Å². The maximum absolute atomic E-state index is 10.8. The molecule has 15 heavy (non-hydrogen) atoms. The highest BCUT2D eigenvalue weighted by Gasteiger charge is 2.23. The van der Waals surface area contributed by atoms with Crippen LogP contribution in [0.3, 0.4) is 0 Å². The lowest BCUT2D eigenvalue weighted by Gasteiger charge is -2.03. The van der Waals surface area contributed by atoms with E-state index in [-0.39, 0.29) is 11.3 Å². The van der Waals surface area contributed by atoms with Crippen molar-refractivity contribution in [3.05, 3.63) is 39.4 Å². The summed E-state index contributed by atoms with van der Waals surface area (Å²) >= 11 is 3.16. The summed E-state index contributed by atoms with van der Waals surface area (Å²) in [5.74, 6) is -1.28. The molecule has 0 saturated carbocycles. The van der Waals surface area contributed by atoms with E-state index in [4.69, 9.17) is 5.11 Å². The Balaban J connectivity index is 3.34. The minimum atomic E-state index is -1.28. The topological polar surface area (TPSA) is 80.4 Å². The minimum absolute atomic E-state index is 0.265. The second-order valence-electron chi connectivity index (χ2n) is 2.81. The molecule has 0 radical (unpaired) electrons. The van der Waals surface area contributed by atoms with Crippen LogP contribution in [0.25, 0.3) is 0 Å². The third-order valence-electron chi connectivity index (χ3n) is 1.90. The molecular weight excluding hydrogens is 266 g/mol. The van der Waals surface area contributed by atoms with E-state index in [9.17, 15) is 14.9 Å². The molecule has 5 nitrogen and oxygen atoms in total. The molecule has 1 rings (SSSR count). The van der Waals surface area contributed by atoms with Crippen LogP contribution in [0.1, 0.15) is 15.9 Å². The Bertz CT molecular complexity index is 405. The summed E-state index contributed by atoms with van der Waals surface area (Å²) in [5, 5.41) is 20.1. The maximum Gasteiger partial charge on any atom is 0.342 e. The fourth-order valence-electron chi connectivity index (χ4n) is 1.28. The van der Waals surface area contributed by atoms with Gasteiger partial charge in [0.1, 0.15) is 5.56 Å². The summed E-state index contributed by atoms with van der Waals surface area (Å²) in [6, 6.07) is 4.30. The zero-order chi connectivity index (χ0) is 11.4. The van der Waals surface area contributed by atoms with Gasteiger partial charge in [0, 0.05) is 10.9 Å². The van der Waals surface area contributed by atoms with Gasteiger partial charge in [-0.05, 0) is 12.5 Å². The van der Waals surface area contributed by atoms with E-state index in [1.807, 2.05) is 0 Å². The molecule has 0 aliphatic heterocycles. The minimum Gasteiger partial charge on any atom is -0.477 e. The van der Waals surface area contributed by atoms with Crippen LogP contribution in [-0.4, -0.2) is 21.3 Å². The summed E-state index contributed by atoms with van der Waals surface area (Å²) in [6.07, 6.45) is 0.428. The van der Waals surface area contributed by atoms with Crippen LogP contribution >= 0.6 is 15.9 Å². The van der Waals surface area contributed by atoms with Crippen LogP contribution in [0.15, 0.2) is 18.2 Å². The average Bonchev–Trinajstić information content (AvgIpc) is 2.17. The van der Waals surface area contributed by atoms with Crippen molar-refractivity contribution in [1.29, 1.82) is 0 Å². The smallest absolute Gasteiger partial charge is 0.342 e. The van der Waals surface area contributed by atoms with Gasteiger partial charge in [-0.3, -0.25) is 10.1 Å². The molecule has 0 spiro atoms. The first-order valence-corrected chi connectivity index (χ1v) is 5.25. The normalized spacial score (nSPS) is 9.93. The molecule has 0 aliphatic rings. The van der Waals surface area contributed by atoms with Crippen LogP contribution in [0, 0.1) is 10.1 Å². The summed E-state index contributed by atoms with van der Waals surface area (Å²) < 4.78 is 0. The number of carbonyl (C=O) groups is 1. The first kappa shape index (κ1) is 11.6. The van der Waals surface area contributed by atoms with E-state index in [0.29, 0.717) is 17.3 Å². The lowest BCUT2D eigenvalue weighted by Crippen LogP contribution is -2.06. The largest absolute Gasteiger partial charge is 0.477 e. The lowest BCUT2D eigenvalue weighted by molar-refractivity contribution is -0.385. The number of nitrogens with zero attached hydrogens (tertiary/aromatic N) is 1. The Morgan fingerprint density at radius 2 is 2.20 bits per heavy atom. The van der Waals surface area contributed by atoms with Crippen molar-refractivity contribution >= 4 is 27.6 Å². The van der Waals surface area contributed by atoms with E-state index in [2.05, 4.69) is 15.9 Å². The Morgan fingerprint density at radius 3 is 2.67 bits per heavy atom. The molecule has 1 aromatic rings. The van der Waals surface area contributed by atoms with Gasteiger partial charge >= 0.3 is 5.97 Å². The number of benzene rings is 1. The van der Waals surface area contributed by atoms with Crippen molar-refractivity contribution in [2.75, 3.05) is 5.33 Å². The molecular formula is C9H8BrNO4. The quantitative estimate of drug-likeness (QED) is 0.518. The van der Waals surface area contributed by atoms with E-state index >= 15 is 0 Å². The van der Waals surface area contributed by atoms with Crippen molar-refractivity contribution < 1.29 is 14.8 Å². The lowest BCUT2D eigenvalue weighted by atomic mass is 10.1. The molecule has 0 heterocycles. The Hall–Kier alpha value is -1.43. The van der Waals surface area contributed by atoms with Gasteiger partial charge in [-0.15, -0.1) is 0 Å². The molecule has 1 N–H and O–H groups in total. The van der Waals surface area contributed by atoms with Crippen molar-refractivity contribution in [3.8, 4) is 0 Å². The van der Waals surface area contributed by atoms with Crippen molar-refractivity contribution in [3.63, 3.8) is 0 Å². The number of rotatable bonds is 4. The van der Waals surface area contributed by atoms with Crippen LogP contribution in [0.2, 0.25) is 0 Å². The number of alkyl halides is 1. The number of carboxylic acid groups (broad SMARTS) is 1. The summed E-state index contributed by atoms with van der Waals surface area (Å²) in [4.78, 5) is 20.9. The zero-order valence-electron chi connectivity index (χ0n) is 7.64. The molecule has 80 valence electrons. The Morgan fingerprint density at radius 1 is 1.53 bits per heavy atom. The molecule has 0 unspecified atom stereocenters. The number of nitro benzene ring substituents is 1. The SMILES string of the molecule is O=C(O)c1cccc(CCBr)c1[N+](=O)[O-]. The molecule has 0 amide bonds. The van der Waals surface area contributed by atoms with Crippen molar-refractivity contribution in [2.24, 2.45) is 0 Å². The van der Waals surface area contributed by atoms with Crippen LogP contribution in [0.5, 0.6) is 0 Å². The highest BCUT2D eigenvalue weighted by atomic mass is 79.9. The maximum atomic E-state index is 10.8. The summed E-state index contributed by atoms with van der Waals surface area (Å²) in [6.45, 7) is 0. The van der Waals surface area contributed by atoms with Crippen LogP contribution < -0.4 is 0 Å². The van der Waals surface area contributed by atoms with Crippen molar-refractivity contribution in [1.82, 2.24) is 0 Å². The number of aryl methyl sites for hydroxylation is 1. The molecule has 0 aliphatic carbocycles. The number of halogens is 1. The predicted octanol–water partition coefficient (Wildman–Crippen LogP) is 2.23. The molecule has 6 heteroatoms. The summed E-state index contributed by atoms with van der Waals surface area (Å²) in [7, 11) is 0. The highest BCUT2D eigenvalue weighted by molar-refractivity contribution is 9.09. The van der Waals surface area contributed by atoms with Gasteiger partial charge in [-0.25, -0.2) is 4.79 Å². The molecule has 0 fully saturated rings. The first-order valence-electron chi connectivity index (χ1n) is 4.13. The Kier molecular flexibility index (Phi) is 3.79. The summed E-state index contributed by atoms with van der Waals surface area (Å²) in [5.41, 5.74) is -0.153. The van der Waals surface area contributed by atoms with Gasteiger partial charge in [0.15, 0.2) is 0 Å². The van der Waals surface area contributed by atoms with E-state index in [0.717, 1.165) is 0 Å². The third-order valence-corrected chi connectivity index (χ3v) is 2.29. The van der Waals surface area contributed by atoms with Gasteiger partial charge in [0.05, 0.1) is 4.92 Å². The third kappa shape index (κ3) is 2.53. The fourth-order valence-corrected chi connectivity index (χ4v) is 1.71. The molecule has 0 bridgehead atoms. The number of carboxylic acids is 1. The predicted molar refractivity (Wildman–Crippen MR) is 57.6 cm³/mol. The highest BCUT2D eigenvalue weighted by Crippen LogP contribution is 2.24. The van der Waals surface area contributed by atoms with Gasteiger partial charge in [0.25, 0.3) is 5.69 Å².